The highest BCUT2D eigenvalue weighted by Crippen LogP contribution is 2.31. The topological polar surface area (TPSA) is 71.5 Å². The summed E-state index contributed by atoms with van der Waals surface area (Å²) >= 11 is 1.65. The Balaban J connectivity index is 1.39. The van der Waals surface area contributed by atoms with E-state index in [4.69, 9.17) is 9.72 Å². The van der Waals surface area contributed by atoms with Crippen LogP contribution in [0.2, 0.25) is 0 Å². The van der Waals surface area contributed by atoms with Crippen molar-refractivity contribution in [1.82, 2.24) is 9.88 Å². The maximum absolute atomic E-state index is 12.4. The van der Waals surface area contributed by atoms with Crippen molar-refractivity contribution >= 4 is 39.1 Å². The number of thiazole rings is 1. The molecule has 1 fully saturated rings. The third-order valence-corrected chi connectivity index (χ3v) is 6.16. The second-order valence-electron chi connectivity index (χ2n) is 7.50. The van der Waals surface area contributed by atoms with Crippen molar-refractivity contribution in [3.63, 3.8) is 0 Å². The largest absolute Gasteiger partial charge is 0.366 e. The molecule has 0 radical (unpaired) electrons. The summed E-state index contributed by atoms with van der Waals surface area (Å²) in [6.07, 6.45) is 0.222. The summed E-state index contributed by atoms with van der Waals surface area (Å²) in [5.74, 6) is -0.324. The van der Waals surface area contributed by atoms with Gasteiger partial charge in [-0.2, -0.15) is 0 Å². The molecule has 0 aliphatic carbocycles. The number of morpholine rings is 1. The summed E-state index contributed by atoms with van der Waals surface area (Å²) in [6.45, 7) is 5.87. The highest BCUT2D eigenvalue weighted by atomic mass is 32.1. The third kappa shape index (κ3) is 4.52. The van der Waals surface area contributed by atoms with Crippen molar-refractivity contribution in [2.45, 2.75) is 32.8 Å². The summed E-state index contributed by atoms with van der Waals surface area (Å²) < 4.78 is 6.69. The van der Waals surface area contributed by atoms with Crippen LogP contribution in [0.3, 0.4) is 0 Å². The molecule has 156 valence electrons. The summed E-state index contributed by atoms with van der Waals surface area (Å²) in [5, 5.41) is 3.81. The van der Waals surface area contributed by atoms with Crippen molar-refractivity contribution in [3.05, 3.63) is 48.0 Å². The Morgan fingerprint density at radius 3 is 2.83 bits per heavy atom. The van der Waals surface area contributed by atoms with Crippen LogP contribution in [0, 0.1) is 6.92 Å². The van der Waals surface area contributed by atoms with Gasteiger partial charge in [-0.15, -0.1) is 11.3 Å². The first-order valence-corrected chi connectivity index (χ1v) is 11.0. The first kappa shape index (κ1) is 20.5. The van der Waals surface area contributed by atoms with Crippen LogP contribution in [0.1, 0.15) is 25.3 Å². The van der Waals surface area contributed by atoms with E-state index in [2.05, 4.69) is 24.4 Å². The number of hydrogen-bond donors (Lipinski definition) is 1. The van der Waals surface area contributed by atoms with Gasteiger partial charge in [-0.25, -0.2) is 4.98 Å². The lowest BCUT2D eigenvalue weighted by atomic mass is 10.1. The van der Waals surface area contributed by atoms with Crippen molar-refractivity contribution in [2.24, 2.45) is 0 Å². The second kappa shape index (κ2) is 8.93. The van der Waals surface area contributed by atoms with Crippen molar-refractivity contribution in [3.8, 4) is 10.6 Å². The van der Waals surface area contributed by atoms with Gasteiger partial charge in [0, 0.05) is 24.3 Å². The monoisotopic (exact) mass is 423 g/mol. The fraction of sp³-hybridized carbons (Fsp3) is 0.348. The van der Waals surface area contributed by atoms with Crippen molar-refractivity contribution < 1.29 is 14.3 Å². The predicted octanol–water partition coefficient (Wildman–Crippen LogP) is 4.24. The molecule has 2 heterocycles. The molecular formula is C23H25N3O3S. The minimum atomic E-state index is -0.698. The summed E-state index contributed by atoms with van der Waals surface area (Å²) in [5.41, 5.74) is 3.91. The number of fused-ring (bicyclic) bond motifs is 1. The first-order valence-electron chi connectivity index (χ1n) is 10.2. The summed E-state index contributed by atoms with van der Waals surface area (Å²) in [4.78, 5) is 31.3. The lowest BCUT2D eigenvalue weighted by Crippen LogP contribution is -2.49. The van der Waals surface area contributed by atoms with Gasteiger partial charge in [0.25, 0.3) is 5.91 Å². The number of amides is 2. The number of benzene rings is 2. The molecule has 2 aromatic carbocycles. The van der Waals surface area contributed by atoms with Gasteiger partial charge in [0.1, 0.15) is 11.1 Å². The summed E-state index contributed by atoms with van der Waals surface area (Å²) in [7, 11) is 0. The molecular weight excluding hydrogens is 398 g/mol. The number of aryl methyl sites for hydroxylation is 1. The Morgan fingerprint density at radius 1 is 1.27 bits per heavy atom. The lowest BCUT2D eigenvalue weighted by Gasteiger charge is -2.32. The first-order chi connectivity index (χ1) is 14.5. The number of hydrogen-bond acceptors (Lipinski definition) is 5. The third-order valence-electron chi connectivity index (χ3n) is 5.09. The Morgan fingerprint density at radius 2 is 2.07 bits per heavy atom. The van der Waals surface area contributed by atoms with Crippen LogP contribution in [0.4, 0.5) is 5.69 Å². The smallest absolute Gasteiger partial charge is 0.252 e. The molecule has 0 saturated carbocycles. The molecule has 1 aliphatic heterocycles. The molecule has 0 spiro atoms. The molecule has 1 atom stereocenters. The average molecular weight is 424 g/mol. The Kier molecular flexibility index (Phi) is 6.11. The number of carbonyl (C=O) groups excluding carboxylic acids is 2. The van der Waals surface area contributed by atoms with E-state index in [1.807, 2.05) is 37.3 Å². The number of nitrogens with one attached hydrogen (secondary N) is 1. The van der Waals surface area contributed by atoms with Gasteiger partial charge in [-0.3, -0.25) is 9.59 Å². The molecule has 2 amide bonds. The molecule has 1 N–H and O–H groups in total. The van der Waals surface area contributed by atoms with E-state index in [1.165, 1.54) is 5.56 Å². The standard InChI is InChI=1S/C23H25N3O3S/c1-3-10-26-11-12-29-19(23(26)28)14-21(27)24-17-7-5-16(6-8-17)22-25-18-9-4-15(2)13-20(18)30-22/h4-9,13,19H,3,10-12,14H2,1-2H3,(H,24,27). The molecule has 0 bridgehead atoms. The minimum Gasteiger partial charge on any atom is -0.366 e. The van der Waals surface area contributed by atoms with E-state index in [9.17, 15) is 9.59 Å². The Labute approximate surface area is 179 Å². The molecule has 3 aromatic rings. The van der Waals surface area contributed by atoms with E-state index < -0.39 is 6.10 Å². The number of anilines is 1. The zero-order valence-electron chi connectivity index (χ0n) is 17.2. The maximum atomic E-state index is 12.4. The maximum Gasteiger partial charge on any atom is 0.252 e. The van der Waals surface area contributed by atoms with Crippen molar-refractivity contribution in [1.29, 1.82) is 0 Å². The molecule has 1 aliphatic rings. The lowest BCUT2D eigenvalue weighted by molar-refractivity contribution is -0.155. The van der Waals surface area contributed by atoms with Crippen LogP contribution in [0.5, 0.6) is 0 Å². The number of aromatic nitrogens is 1. The fourth-order valence-corrected chi connectivity index (χ4v) is 4.63. The van der Waals surface area contributed by atoms with E-state index in [0.29, 0.717) is 25.4 Å². The van der Waals surface area contributed by atoms with E-state index in [1.54, 1.807) is 16.2 Å². The van der Waals surface area contributed by atoms with Crippen LogP contribution in [0.25, 0.3) is 20.8 Å². The number of ether oxygens (including phenoxy) is 1. The van der Waals surface area contributed by atoms with Crippen LogP contribution in [-0.4, -0.2) is 47.5 Å². The van der Waals surface area contributed by atoms with Gasteiger partial charge in [0.05, 0.1) is 23.2 Å². The average Bonchev–Trinajstić information content (AvgIpc) is 3.15. The van der Waals surface area contributed by atoms with Gasteiger partial charge in [-0.1, -0.05) is 13.0 Å². The van der Waals surface area contributed by atoms with Crippen LogP contribution >= 0.6 is 11.3 Å². The molecule has 7 heteroatoms. The van der Waals surface area contributed by atoms with Gasteiger partial charge in [0.15, 0.2) is 0 Å². The number of rotatable bonds is 6. The van der Waals surface area contributed by atoms with Crippen LogP contribution in [0.15, 0.2) is 42.5 Å². The van der Waals surface area contributed by atoms with E-state index in [-0.39, 0.29) is 18.2 Å². The number of nitrogens with zero attached hydrogens (tertiary/aromatic N) is 2. The zero-order valence-corrected chi connectivity index (χ0v) is 18.0. The van der Waals surface area contributed by atoms with E-state index >= 15 is 0 Å². The van der Waals surface area contributed by atoms with Crippen LogP contribution in [-0.2, 0) is 14.3 Å². The Hall–Kier alpha value is -2.77. The number of carbonyl (C=O) groups is 2. The molecule has 1 unspecified atom stereocenters. The van der Waals surface area contributed by atoms with Crippen molar-refractivity contribution in [2.75, 3.05) is 25.0 Å². The van der Waals surface area contributed by atoms with Gasteiger partial charge in [-0.05, 0) is 55.3 Å². The molecule has 4 rings (SSSR count). The predicted molar refractivity (Wildman–Crippen MR) is 120 cm³/mol. The zero-order chi connectivity index (χ0) is 21.1. The summed E-state index contributed by atoms with van der Waals surface area (Å²) in [6, 6.07) is 13.9. The van der Waals surface area contributed by atoms with Crippen LogP contribution < -0.4 is 5.32 Å². The molecule has 1 saturated heterocycles. The fourth-order valence-electron chi connectivity index (χ4n) is 3.56. The van der Waals surface area contributed by atoms with Gasteiger partial charge < -0.3 is 15.0 Å². The molecule has 30 heavy (non-hydrogen) atoms. The van der Waals surface area contributed by atoms with Gasteiger partial charge >= 0.3 is 0 Å². The van der Waals surface area contributed by atoms with Gasteiger partial charge in [0.2, 0.25) is 5.91 Å². The molecule has 1 aromatic heterocycles. The van der Waals surface area contributed by atoms with E-state index in [0.717, 1.165) is 27.2 Å². The minimum absolute atomic E-state index is 0.0258. The highest BCUT2D eigenvalue weighted by molar-refractivity contribution is 7.21. The quantitative estimate of drug-likeness (QED) is 0.644. The SMILES string of the molecule is CCCN1CCOC(CC(=O)Nc2ccc(-c3nc4ccc(C)cc4s3)cc2)C1=O. The second-order valence-corrected chi connectivity index (χ2v) is 8.54. The normalized spacial score (nSPS) is 16.8. The Bertz CT molecular complexity index is 1060. The molecule has 6 nitrogen and oxygen atoms in total. The highest BCUT2D eigenvalue weighted by Gasteiger charge is 2.30.